The molecule has 0 saturated carbocycles. The standard InChI is InChI=1S/C34H33N3O7S/c1-41-25-13-17-30(43-3)23(18-25)19-29(37-33(39)22-8-6-5-7-9-22)34(40)35-24-10-14-27(15-11-24)45-21-32(38)36-28-16-12-26(42-2)20-31(28)44-4/h5-20H,21H2,1-4H3,(H,35,40)(H,36,38)(H,37,39)/b29-19-. The molecule has 4 aromatic carbocycles. The number of hydrogen-bond acceptors (Lipinski definition) is 8. The van der Waals surface area contributed by atoms with E-state index in [9.17, 15) is 14.4 Å². The number of thioether (sulfide) groups is 1. The second-order valence-electron chi connectivity index (χ2n) is 9.37. The number of rotatable bonds is 13. The van der Waals surface area contributed by atoms with Gasteiger partial charge in [0.25, 0.3) is 11.8 Å². The monoisotopic (exact) mass is 627 g/mol. The van der Waals surface area contributed by atoms with Crippen molar-refractivity contribution in [3.05, 3.63) is 108 Å². The number of carbonyl (C=O) groups excluding carboxylic acids is 3. The maximum Gasteiger partial charge on any atom is 0.272 e. The minimum absolute atomic E-state index is 0.000473. The molecular formula is C34H33N3O7S. The first-order valence-corrected chi connectivity index (χ1v) is 14.7. The Labute approximate surface area is 265 Å². The van der Waals surface area contributed by atoms with E-state index in [-0.39, 0.29) is 17.4 Å². The molecule has 3 amide bonds. The Kier molecular flexibility index (Phi) is 11.5. The zero-order chi connectivity index (χ0) is 32.2. The molecule has 0 radical (unpaired) electrons. The van der Waals surface area contributed by atoms with Gasteiger partial charge in [0.2, 0.25) is 5.91 Å². The molecule has 232 valence electrons. The fourth-order valence-electron chi connectivity index (χ4n) is 4.12. The summed E-state index contributed by atoms with van der Waals surface area (Å²) in [5, 5.41) is 8.38. The van der Waals surface area contributed by atoms with Crippen LogP contribution < -0.4 is 34.9 Å². The molecule has 0 heterocycles. The Morgan fingerprint density at radius 3 is 2.04 bits per heavy atom. The van der Waals surface area contributed by atoms with Crippen LogP contribution in [0.5, 0.6) is 23.0 Å². The molecule has 4 aromatic rings. The molecule has 0 atom stereocenters. The number of nitrogens with one attached hydrogen (secondary N) is 3. The van der Waals surface area contributed by atoms with Crippen LogP contribution in [0.2, 0.25) is 0 Å². The molecule has 0 aliphatic rings. The van der Waals surface area contributed by atoms with E-state index in [2.05, 4.69) is 16.0 Å². The predicted octanol–water partition coefficient (Wildman–Crippen LogP) is 5.86. The predicted molar refractivity (Wildman–Crippen MR) is 175 cm³/mol. The minimum Gasteiger partial charge on any atom is -0.497 e. The lowest BCUT2D eigenvalue weighted by Crippen LogP contribution is -2.30. The van der Waals surface area contributed by atoms with Gasteiger partial charge in [-0.05, 0) is 72.8 Å². The maximum atomic E-state index is 13.5. The highest BCUT2D eigenvalue weighted by Gasteiger charge is 2.17. The van der Waals surface area contributed by atoms with Crippen molar-refractivity contribution in [2.45, 2.75) is 4.90 Å². The zero-order valence-electron chi connectivity index (χ0n) is 25.2. The van der Waals surface area contributed by atoms with Gasteiger partial charge in [0, 0.05) is 27.8 Å². The topological polar surface area (TPSA) is 124 Å². The van der Waals surface area contributed by atoms with E-state index in [1.54, 1.807) is 98.1 Å². The molecule has 0 aliphatic heterocycles. The Hall–Kier alpha value is -5.42. The SMILES string of the molecule is COc1ccc(OC)c(/C=C(\NC(=O)c2ccccc2)C(=O)Nc2ccc(SCC(=O)Nc3ccc(OC)cc3OC)cc2)c1. The Morgan fingerprint density at radius 2 is 1.38 bits per heavy atom. The molecule has 0 fully saturated rings. The average molecular weight is 628 g/mol. The number of amides is 3. The number of benzene rings is 4. The largest absolute Gasteiger partial charge is 0.497 e. The molecule has 11 heteroatoms. The third-order valence-electron chi connectivity index (χ3n) is 6.43. The van der Waals surface area contributed by atoms with Crippen LogP contribution in [0.1, 0.15) is 15.9 Å². The van der Waals surface area contributed by atoms with Crippen molar-refractivity contribution in [3.63, 3.8) is 0 Å². The van der Waals surface area contributed by atoms with Crippen molar-refractivity contribution < 1.29 is 33.3 Å². The Morgan fingerprint density at radius 1 is 0.711 bits per heavy atom. The summed E-state index contributed by atoms with van der Waals surface area (Å²) in [6.45, 7) is 0. The van der Waals surface area contributed by atoms with Gasteiger partial charge >= 0.3 is 0 Å². The summed E-state index contributed by atoms with van der Waals surface area (Å²) in [7, 11) is 6.12. The van der Waals surface area contributed by atoms with Crippen molar-refractivity contribution in [2.24, 2.45) is 0 Å². The number of ether oxygens (including phenoxy) is 4. The molecule has 0 unspecified atom stereocenters. The summed E-state index contributed by atoms with van der Waals surface area (Å²) < 4.78 is 21.3. The van der Waals surface area contributed by atoms with E-state index < -0.39 is 11.8 Å². The fourth-order valence-corrected chi connectivity index (χ4v) is 4.82. The van der Waals surface area contributed by atoms with E-state index in [1.807, 2.05) is 0 Å². The van der Waals surface area contributed by atoms with Gasteiger partial charge in [-0.25, -0.2) is 0 Å². The summed E-state index contributed by atoms with van der Waals surface area (Å²) in [6.07, 6.45) is 1.53. The van der Waals surface area contributed by atoms with Crippen molar-refractivity contribution in [1.29, 1.82) is 0 Å². The van der Waals surface area contributed by atoms with Crippen molar-refractivity contribution in [3.8, 4) is 23.0 Å². The molecule has 3 N–H and O–H groups in total. The molecule has 0 aliphatic carbocycles. The van der Waals surface area contributed by atoms with Gasteiger partial charge in [0.05, 0.1) is 39.9 Å². The van der Waals surface area contributed by atoms with Gasteiger partial charge in [0.1, 0.15) is 28.7 Å². The first-order chi connectivity index (χ1) is 21.8. The summed E-state index contributed by atoms with van der Waals surface area (Å²) in [4.78, 5) is 39.9. The number of carbonyl (C=O) groups is 3. The molecule has 45 heavy (non-hydrogen) atoms. The van der Waals surface area contributed by atoms with Crippen molar-refractivity contribution in [2.75, 3.05) is 44.8 Å². The van der Waals surface area contributed by atoms with Crippen molar-refractivity contribution >= 4 is 46.9 Å². The van der Waals surface area contributed by atoms with E-state index in [0.29, 0.717) is 45.5 Å². The molecule has 0 saturated heterocycles. The summed E-state index contributed by atoms with van der Waals surface area (Å²) >= 11 is 1.33. The van der Waals surface area contributed by atoms with Crippen LogP contribution in [0, 0.1) is 0 Å². The van der Waals surface area contributed by atoms with Crippen LogP contribution >= 0.6 is 11.8 Å². The number of methoxy groups -OCH3 is 4. The van der Waals surface area contributed by atoms with Gasteiger partial charge in [-0.15, -0.1) is 11.8 Å². The van der Waals surface area contributed by atoms with E-state index in [0.717, 1.165) is 4.90 Å². The van der Waals surface area contributed by atoms with Crippen LogP contribution in [-0.4, -0.2) is 51.9 Å². The van der Waals surface area contributed by atoms with E-state index >= 15 is 0 Å². The molecule has 4 rings (SSSR count). The lowest BCUT2D eigenvalue weighted by atomic mass is 10.1. The van der Waals surface area contributed by atoms with Gasteiger partial charge < -0.3 is 34.9 Å². The zero-order valence-corrected chi connectivity index (χ0v) is 26.0. The second kappa shape index (κ2) is 15.9. The average Bonchev–Trinajstić information content (AvgIpc) is 3.08. The Bertz CT molecular complexity index is 1680. The van der Waals surface area contributed by atoms with Gasteiger partial charge in [-0.1, -0.05) is 18.2 Å². The van der Waals surface area contributed by atoms with Crippen LogP contribution in [0.25, 0.3) is 6.08 Å². The lowest BCUT2D eigenvalue weighted by Gasteiger charge is -2.13. The van der Waals surface area contributed by atoms with Crippen LogP contribution in [0.15, 0.2) is 102 Å². The molecule has 0 aromatic heterocycles. The highest BCUT2D eigenvalue weighted by molar-refractivity contribution is 8.00. The van der Waals surface area contributed by atoms with Gasteiger partial charge in [0.15, 0.2) is 0 Å². The van der Waals surface area contributed by atoms with Gasteiger partial charge in [-0.3, -0.25) is 14.4 Å². The fraction of sp³-hybridized carbons (Fsp3) is 0.147. The summed E-state index contributed by atoms with van der Waals surface area (Å²) in [5.41, 5.74) is 1.96. The molecule has 10 nitrogen and oxygen atoms in total. The number of hydrogen-bond donors (Lipinski definition) is 3. The first kappa shape index (κ1) is 32.5. The van der Waals surface area contributed by atoms with E-state index in [1.165, 1.54) is 39.2 Å². The van der Waals surface area contributed by atoms with Crippen LogP contribution in [0.3, 0.4) is 0 Å². The summed E-state index contributed by atoms with van der Waals surface area (Å²) in [6, 6.07) is 25.9. The maximum absolute atomic E-state index is 13.5. The van der Waals surface area contributed by atoms with Gasteiger partial charge in [-0.2, -0.15) is 0 Å². The highest BCUT2D eigenvalue weighted by Crippen LogP contribution is 2.30. The molecule has 0 bridgehead atoms. The normalized spacial score (nSPS) is 10.8. The highest BCUT2D eigenvalue weighted by atomic mass is 32.2. The van der Waals surface area contributed by atoms with E-state index in [4.69, 9.17) is 18.9 Å². The lowest BCUT2D eigenvalue weighted by molar-refractivity contribution is -0.114. The summed E-state index contributed by atoms with van der Waals surface area (Å²) in [5.74, 6) is 1.11. The van der Waals surface area contributed by atoms with Crippen LogP contribution in [0.4, 0.5) is 11.4 Å². The first-order valence-electron chi connectivity index (χ1n) is 13.7. The smallest absolute Gasteiger partial charge is 0.272 e. The van der Waals surface area contributed by atoms with Crippen LogP contribution in [-0.2, 0) is 9.59 Å². The minimum atomic E-state index is -0.544. The molecule has 0 spiro atoms. The van der Waals surface area contributed by atoms with Crippen molar-refractivity contribution in [1.82, 2.24) is 5.32 Å². The second-order valence-corrected chi connectivity index (χ2v) is 10.4. The third-order valence-corrected chi connectivity index (χ3v) is 7.44. The molecular weight excluding hydrogens is 594 g/mol. The third kappa shape index (κ3) is 9.04. The Balaban J connectivity index is 1.45. The quantitative estimate of drug-likeness (QED) is 0.124. The number of anilines is 2.